The maximum Gasteiger partial charge on any atom is 0.104 e. The highest BCUT2D eigenvalue weighted by atomic mass is 16.6. The van der Waals surface area contributed by atoms with Crippen molar-refractivity contribution in [3.63, 3.8) is 0 Å². The van der Waals surface area contributed by atoms with Crippen molar-refractivity contribution in [2.45, 2.75) is 70.4 Å². The van der Waals surface area contributed by atoms with Crippen molar-refractivity contribution in [3.8, 4) is 0 Å². The van der Waals surface area contributed by atoms with E-state index in [9.17, 15) is 0 Å². The van der Waals surface area contributed by atoms with E-state index in [-0.39, 0.29) is 11.2 Å². The summed E-state index contributed by atoms with van der Waals surface area (Å²) in [7, 11) is 0. The molecule has 0 aromatic rings. The molecule has 4 heteroatoms. The first-order valence-electron chi connectivity index (χ1n) is 7.37. The predicted molar refractivity (Wildman–Crippen MR) is 73.4 cm³/mol. The fraction of sp³-hybridized carbons (Fsp3) is 1.00. The standard InChI is InChI=1S/C15H28O4/c1-14(2,19-11-13-10-17-13)6-5-7-18-15(3,4)8-12-9-16-12/h12-13H,5-11H2,1-4H3. The summed E-state index contributed by atoms with van der Waals surface area (Å²) in [5, 5.41) is 0. The van der Waals surface area contributed by atoms with E-state index in [0.717, 1.165) is 45.7 Å². The van der Waals surface area contributed by atoms with Crippen LogP contribution in [0.3, 0.4) is 0 Å². The zero-order chi connectivity index (χ0) is 13.9. The molecule has 0 saturated carbocycles. The van der Waals surface area contributed by atoms with Crippen molar-refractivity contribution in [2.75, 3.05) is 26.4 Å². The molecule has 19 heavy (non-hydrogen) atoms. The molecule has 2 saturated heterocycles. The molecule has 2 rings (SSSR count). The van der Waals surface area contributed by atoms with Gasteiger partial charge in [-0.05, 0) is 40.5 Å². The van der Waals surface area contributed by atoms with Gasteiger partial charge in [0.2, 0.25) is 0 Å². The number of hydrogen-bond acceptors (Lipinski definition) is 4. The molecule has 0 amide bonds. The number of rotatable bonds is 10. The van der Waals surface area contributed by atoms with Gasteiger partial charge in [0.25, 0.3) is 0 Å². The SMILES string of the molecule is CC(C)(CCCOC(C)(C)CC1CO1)OCC1CO1. The third-order valence-corrected chi connectivity index (χ3v) is 3.60. The summed E-state index contributed by atoms with van der Waals surface area (Å²) in [5.74, 6) is 0. The van der Waals surface area contributed by atoms with Gasteiger partial charge in [0.15, 0.2) is 0 Å². The number of epoxide rings is 2. The van der Waals surface area contributed by atoms with Crippen molar-refractivity contribution in [1.29, 1.82) is 0 Å². The van der Waals surface area contributed by atoms with Crippen molar-refractivity contribution in [2.24, 2.45) is 0 Å². The van der Waals surface area contributed by atoms with E-state index >= 15 is 0 Å². The Bertz CT molecular complexity index is 280. The van der Waals surface area contributed by atoms with Crippen LogP contribution in [0.5, 0.6) is 0 Å². The van der Waals surface area contributed by atoms with E-state index in [1.165, 1.54) is 0 Å². The minimum absolute atomic E-state index is 0.0754. The topological polar surface area (TPSA) is 43.5 Å². The van der Waals surface area contributed by atoms with Gasteiger partial charge in [0.05, 0.1) is 37.1 Å². The minimum Gasteiger partial charge on any atom is -0.375 e. The molecule has 0 radical (unpaired) electrons. The summed E-state index contributed by atoms with van der Waals surface area (Å²) in [6, 6.07) is 0. The van der Waals surface area contributed by atoms with E-state index in [2.05, 4.69) is 27.7 Å². The fourth-order valence-corrected chi connectivity index (χ4v) is 2.19. The lowest BCUT2D eigenvalue weighted by Gasteiger charge is -2.27. The second-order valence-electron chi connectivity index (χ2n) is 6.90. The quantitative estimate of drug-likeness (QED) is 0.453. The summed E-state index contributed by atoms with van der Waals surface area (Å²) in [6.07, 6.45) is 3.79. The molecule has 0 aromatic carbocycles. The molecule has 2 aliphatic rings. The maximum absolute atomic E-state index is 5.95. The minimum atomic E-state index is -0.0843. The smallest absolute Gasteiger partial charge is 0.104 e. The summed E-state index contributed by atoms with van der Waals surface area (Å²) in [6.45, 7) is 11.8. The average molecular weight is 272 g/mol. The normalized spacial score (nSPS) is 26.5. The zero-order valence-corrected chi connectivity index (χ0v) is 12.7. The maximum atomic E-state index is 5.95. The van der Waals surface area contributed by atoms with Gasteiger partial charge in [-0.3, -0.25) is 0 Å². The molecule has 4 nitrogen and oxygen atoms in total. The second-order valence-corrected chi connectivity index (χ2v) is 6.90. The molecular formula is C15H28O4. The number of ether oxygens (including phenoxy) is 4. The lowest BCUT2D eigenvalue weighted by Crippen LogP contribution is -2.29. The first-order chi connectivity index (χ1) is 8.86. The molecule has 0 bridgehead atoms. The molecular weight excluding hydrogens is 244 g/mol. The van der Waals surface area contributed by atoms with Crippen LogP contribution in [0.25, 0.3) is 0 Å². The summed E-state index contributed by atoms with van der Waals surface area (Å²) in [4.78, 5) is 0. The van der Waals surface area contributed by atoms with Gasteiger partial charge >= 0.3 is 0 Å². The Hall–Kier alpha value is -0.160. The summed E-state index contributed by atoms with van der Waals surface area (Å²) < 4.78 is 22.2. The molecule has 0 spiro atoms. The molecule has 2 fully saturated rings. The van der Waals surface area contributed by atoms with Crippen molar-refractivity contribution in [1.82, 2.24) is 0 Å². The molecule has 2 atom stereocenters. The monoisotopic (exact) mass is 272 g/mol. The highest BCUT2D eigenvalue weighted by Gasteiger charge is 2.32. The molecule has 2 unspecified atom stereocenters. The van der Waals surface area contributed by atoms with Gasteiger partial charge in [-0.25, -0.2) is 0 Å². The molecule has 112 valence electrons. The number of hydrogen-bond donors (Lipinski definition) is 0. The van der Waals surface area contributed by atoms with Crippen LogP contribution in [0.2, 0.25) is 0 Å². The fourth-order valence-electron chi connectivity index (χ4n) is 2.19. The van der Waals surface area contributed by atoms with E-state index in [1.54, 1.807) is 0 Å². The Morgan fingerprint density at radius 2 is 1.58 bits per heavy atom. The predicted octanol–water partition coefficient (Wildman–Crippen LogP) is 2.54. The lowest BCUT2D eigenvalue weighted by atomic mass is 10.0. The third kappa shape index (κ3) is 6.70. The van der Waals surface area contributed by atoms with E-state index in [0.29, 0.717) is 12.2 Å². The largest absolute Gasteiger partial charge is 0.375 e. The van der Waals surface area contributed by atoms with Gasteiger partial charge in [-0.2, -0.15) is 0 Å². The van der Waals surface area contributed by atoms with E-state index < -0.39 is 0 Å². The first kappa shape index (κ1) is 15.2. The van der Waals surface area contributed by atoms with Crippen LogP contribution < -0.4 is 0 Å². The lowest BCUT2D eigenvalue weighted by molar-refractivity contribution is -0.0551. The van der Waals surface area contributed by atoms with Crippen LogP contribution >= 0.6 is 0 Å². The van der Waals surface area contributed by atoms with Crippen LogP contribution in [0.1, 0.15) is 47.0 Å². The molecule has 0 aliphatic carbocycles. The van der Waals surface area contributed by atoms with Crippen LogP contribution in [0.4, 0.5) is 0 Å². The van der Waals surface area contributed by atoms with E-state index in [4.69, 9.17) is 18.9 Å². The van der Waals surface area contributed by atoms with Crippen LogP contribution in [-0.4, -0.2) is 49.8 Å². The molecule has 0 N–H and O–H groups in total. The molecule has 2 heterocycles. The summed E-state index contributed by atoms with van der Waals surface area (Å²) >= 11 is 0. The highest BCUT2D eigenvalue weighted by Crippen LogP contribution is 2.26. The first-order valence-corrected chi connectivity index (χ1v) is 7.37. The van der Waals surface area contributed by atoms with Crippen LogP contribution in [0, 0.1) is 0 Å². The van der Waals surface area contributed by atoms with Gasteiger partial charge in [0.1, 0.15) is 6.10 Å². The van der Waals surface area contributed by atoms with Crippen molar-refractivity contribution >= 4 is 0 Å². The van der Waals surface area contributed by atoms with Crippen molar-refractivity contribution in [3.05, 3.63) is 0 Å². The van der Waals surface area contributed by atoms with Gasteiger partial charge in [0, 0.05) is 13.0 Å². The molecule has 0 aromatic heterocycles. The summed E-state index contributed by atoms with van der Waals surface area (Å²) in [5.41, 5.74) is -0.160. The van der Waals surface area contributed by atoms with Gasteiger partial charge in [-0.1, -0.05) is 0 Å². The second kappa shape index (κ2) is 6.08. The molecule has 2 aliphatic heterocycles. The van der Waals surface area contributed by atoms with Crippen LogP contribution in [-0.2, 0) is 18.9 Å². The van der Waals surface area contributed by atoms with Gasteiger partial charge in [-0.15, -0.1) is 0 Å². The van der Waals surface area contributed by atoms with E-state index in [1.807, 2.05) is 0 Å². The highest BCUT2D eigenvalue weighted by molar-refractivity contribution is 4.81. The Morgan fingerprint density at radius 3 is 2.16 bits per heavy atom. The Kier molecular flexibility index (Phi) is 4.88. The Morgan fingerprint density at radius 1 is 0.947 bits per heavy atom. The van der Waals surface area contributed by atoms with Crippen molar-refractivity contribution < 1.29 is 18.9 Å². The average Bonchev–Trinajstić information content (AvgIpc) is 3.15. The van der Waals surface area contributed by atoms with Crippen LogP contribution in [0.15, 0.2) is 0 Å². The zero-order valence-electron chi connectivity index (χ0n) is 12.7. The Labute approximate surface area is 116 Å². The Balaban J connectivity index is 1.53. The third-order valence-electron chi connectivity index (χ3n) is 3.60. The van der Waals surface area contributed by atoms with Gasteiger partial charge < -0.3 is 18.9 Å².